The van der Waals surface area contributed by atoms with Crippen LogP contribution in [-0.2, 0) is 4.79 Å². The third-order valence-electron chi connectivity index (χ3n) is 2.91. The molecule has 0 spiro atoms. The Kier molecular flexibility index (Phi) is 3.98. The van der Waals surface area contributed by atoms with E-state index < -0.39 is 12.0 Å². The summed E-state index contributed by atoms with van der Waals surface area (Å²) in [6.07, 6.45) is 0. The minimum atomic E-state index is -1.02. The number of carboxylic acids is 1. The molecule has 1 aliphatic rings. The molecule has 2 atom stereocenters. The highest BCUT2D eigenvalue weighted by atomic mass is 32.2. The van der Waals surface area contributed by atoms with E-state index in [1.165, 1.54) is 0 Å². The maximum absolute atomic E-state index is 10.8. The lowest BCUT2D eigenvalue weighted by Crippen LogP contribution is -2.90. The van der Waals surface area contributed by atoms with Gasteiger partial charge in [0.15, 0.2) is 5.37 Å². The molecule has 0 aliphatic carbocycles. The van der Waals surface area contributed by atoms with Crippen molar-refractivity contribution in [2.75, 3.05) is 20.0 Å². The fraction of sp³-hybridized carbons (Fsp3) is 0.417. The molecule has 0 amide bonds. The highest BCUT2D eigenvalue weighted by Crippen LogP contribution is 2.35. The zero-order chi connectivity index (χ0) is 13.1. The van der Waals surface area contributed by atoms with Crippen molar-refractivity contribution in [1.82, 2.24) is 0 Å². The van der Waals surface area contributed by atoms with Crippen molar-refractivity contribution >= 4 is 17.7 Å². The summed E-state index contributed by atoms with van der Waals surface area (Å²) >= 11 is 1.58. The van der Waals surface area contributed by atoms with E-state index in [2.05, 4.69) is 0 Å². The minimum absolute atomic E-state index is 0.0220. The number of hydrogen-bond acceptors (Lipinski definition) is 5. The predicted octanol–water partition coefficient (Wildman–Crippen LogP) is -0.869. The van der Waals surface area contributed by atoms with E-state index in [1.807, 2.05) is 12.1 Å². The zero-order valence-corrected chi connectivity index (χ0v) is 11.0. The first-order valence-corrected chi connectivity index (χ1v) is 6.60. The van der Waals surface area contributed by atoms with E-state index in [9.17, 15) is 9.90 Å². The van der Waals surface area contributed by atoms with Crippen LogP contribution < -0.4 is 19.9 Å². The average molecular weight is 269 g/mol. The minimum Gasteiger partial charge on any atom is -0.544 e. The Morgan fingerprint density at radius 1 is 1.44 bits per heavy atom. The maximum Gasteiger partial charge on any atom is 0.163 e. The lowest BCUT2D eigenvalue weighted by Gasteiger charge is -2.14. The summed E-state index contributed by atoms with van der Waals surface area (Å²) in [6.45, 7) is 0. The van der Waals surface area contributed by atoms with Crippen molar-refractivity contribution in [3.05, 3.63) is 23.8 Å². The number of rotatable bonds is 4. The molecule has 18 heavy (non-hydrogen) atoms. The van der Waals surface area contributed by atoms with Crippen LogP contribution in [0.1, 0.15) is 10.9 Å². The molecule has 1 aromatic carbocycles. The Balaban J connectivity index is 2.21. The third kappa shape index (κ3) is 2.54. The van der Waals surface area contributed by atoms with Crippen molar-refractivity contribution in [2.24, 2.45) is 0 Å². The van der Waals surface area contributed by atoms with E-state index >= 15 is 0 Å². The van der Waals surface area contributed by atoms with Gasteiger partial charge in [0, 0.05) is 6.07 Å². The summed E-state index contributed by atoms with van der Waals surface area (Å²) in [7, 11) is 3.19. The summed E-state index contributed by atoms with van der Waals surface area (Å²) < 4.78 is 10.5. The number of benzene rings is 1. The molecule has 1 fully saturated rings. The van der Waals surface area contributed by atoms with Gasteiger partial charge in [-0.2, -0.15) is 0 Å². The van der Waals surface area contributed by atoms with Gasteiger partial charge in [0.1, 0.15) is 23.5 Å². The van der Waals surface area contributed by atoms with Crippen LogP contribution in [0.15, 0.2) is 18.2 Å². The quantitative estimate of drug-likeness (QED) is 0.769. The molecule has 98 valence electrons. The zero-order valence-electron chi connectivity index (χ0n) is 10.2. The van der Waals surface area contributed by atoms with Gasteiger partial charge in [0.2, 0.25) is 0 Å². The molecule has 5 nitrogen and oxygen atoms in total. The number of carbonyl (C=O) groups excluding carboxylic acids is 1. The second-order valence-electron chi connectivity index (χ2n) is 3.98. The van der Waals surface area contributed by atoms with Gasteiger partial charge >= 0.3 is 0 Å². The highest BCUT2D eigenvalue weighted by molar-refractivity contribution is 7.99. The van der Waals surface area contributed by atoms with Crippen LogP contribution in [0.4, 0.5) is 0 Å². The van der Waals surface area contributed by atoms with Gasteiger partial charge in [-0.3, -0.25) is 0 Å². The predicted molar refractivity (Wildman–Crippen MR) is 65.5 cm³/mol. The molecule has 1 heterocycles. The highest BCUT2D eigenvalue weighted by Gasteiger charge is 2.32. The number of carboxylic acid groups (broad SMARTS) is 1. The third-order valence-corrected chi connectivity index (χ3v) is 4.23. The first kappa shape index (κ1) is 13.0. The average Bonchev–Trinajstić information content (AvgIpc) is 2.87. The monoisotopic (exact) mass is 269 g/mol. The first-order valence-electron chi connectivity index (χ1n) is 5.55. The van der Waals surface area contributed by atoms with Crippen LogP contribution in [0.25, 0.3) is 0 Å². The molecular formula is C12H15NO4S. The van der Waals surface area contributed by atoms with E-state index in [0.717, 1.165) is 11.3 Å². The van der Waals surface area contributed by atoms with Crippen molar-refractivity contribution in [1.29, 1.82) is 0 Å². The van der Waals surface area contributed by atoms with E-state index in [0.29, 0.717) is 11.5 Å². The van der Waals surface area contributed by atoms with Crippen LogP contribution in [0.3, 0.4) is 0 Å². The summed E-state index contributed by atoms with van der Waals surface area (Å²) in [6, 6.07) is 5.06. The fourth-order valence-electron chi connectivity index (χ4n) is 1.92. The van der Waals surface area contributed by atoms with E-state index in [1.54, 1.807) is 37.4 Å². The number of aliphatic carboxylic acids is 1. The molecule has 0 saturated carbocycles. The Morgan fingerprint density at radius 3 is 2.78 bits per heavy atom. The number of nitrogens with two attached hydrogens (primary N) is 1. The van der Waals surface area contributed by atoms with Gasteiger partial charge in [-0.05, 0) is 12.1 Å². The molecule has 2 N–H and O–H groups in total. The molecular weight excluding hydrogens is 254 g/mol. The molecule has 0 bridgehead atoms. The van der Waals surface area contributed by atoms with Crippen LogP contribution >= 0.6 is 11.8 Å². The van der Waals surface area contributed by atoms with Gasteiger partial charge in [-0.25, -0.2) is 0 Å². The van der Waals surface area contributed by atoms with Crippen molar-refractivity contribution in [3.63, 3.8) is 0 Å². The standard InChI is InChI=1S/C12H15NO4S/c1-16-7-3-4-8(10(5-7)17-2)11-13-9(6-18-11)12(14)15/h3-5,9,11,13H,6H2,1-2H3,(H,14,15)/t9-,11-/m1/s1. The molecule has 1 aromatic rings. The Hall–Kier alpha value is -1.40. The topological polar surface area (TPSA) is 75.2 Å². The Labute approximate surface area is 109 Å². The number of ether oxygens (including phenoxy) is 2. The number of thioether (sulfide) groups is 1. The summed E-state index contributed by atoms with van der Waals surface area (Å²) in [5.41, 5.74) is 0.965. The molecule has 6 heteroatoms. The van der Waals surface area contributed by atoms with Gasteiger partial charge in [-0.1, -0.05) is 11.8 Å². The smallest absolute Gasteiger partial charge is 0.163 e. The number of quaternary nitrogens is 1. The first-order chi connectivity index (χ1) is 8.65. The van der Waals surface area contributed by atoms with Crippen molar-refractivity contribution in [2.45, 2.75) is 11.4 Å². The second-order valence-corrected chi connectivity index (χ2v) is 5.15. The van der Waals surface area contributed by atoms with Crippen molar-refractivity contribution < 1.29 is 24.7 Å². The van der Waals surface area contributed by atoms with E-state index in [-0.39, 0.29) is 5.37 Å². The summed E-state index contributed by atoms with van der Waals surface area (Å²) in [4.78, 5) is 10.8. The fourth-order valence-corrected chi connectivity index (χ4v) is 3.26. The molecule has 0 aromatic heterocycles. The number of carbonyl (C=O) groups is 1. The Morgan fingerprint density at radius 2 is 2.22 bits per heavy atom. The molecule has 0 unspecified atom stereocenters. The SMILES string of the molecule is COc1ccc([C@@H]2[NH2+][C@@H](C(=O)[O-])CS2)c(OC)c1. The number of methoxy groups -OCH3 is 2. The second kappa shape index (κ2) is 5.49. The van der Waals surface area contributed by atoms with Crippen LogP contribution in [0.5, 0.6) is 11.5 Å². The maximum atomic E-state index is 10.8. The largest absolute Gasteiger partial charge is 0.544 e. The molecule has 1 saturated heterocycles. The van der Waals surface area contributed by atoms with Crippen LogP contribution in [0.2, 0.25) is 0 Å². The Bertz CT molecular complexity index is 452. The van der Waals surface area contributed by atoms with Gasteiger partial charge in [0.05, 0.1) is 25.5 Å². The lowest BCUT2D eigenvalue weighted by atomic mass is 10.1. The summed E-state index contributed by atoms with van der Waals surface area (Å²) in [5.74, 6) is 0.956. The molecule has 1 aliphatic heterocycles. The molecule has 2 rings (SSSR count). The van der Waals surface area contributed by atoms with Gasteiger partial charge in [-0.15, -0.1) is 0 Å². The number of hydrogen-bond donors (Lipinski definition) is 1. The van der Waals surface area contributed by atoms with Crippen molar-refractivity contribution in [3.8, 4) is 11.5 Å². The van der Waals surface area contributed by atoms with E-state index in [4.69, 9.17) is 9.47 Å². The van der Waals surface area contributed by atoms with Gasteiger partial charge < -0.3 is 24.7 Å². The summed E-state index contributed by atoms with van der Waals surface area (Å²) in [5, 5.41) is 12.6. The normalized spacial score (nSPS) is 22.8. The molecule has 0 radical (unpaired) electrons. The van der Waals surface area contributed by atoms with Crippen LogP contribution in [-0.4, -0.2) is 32.0 Å². The van der Waals surface area contributed by atoms with Gasteiger partial charge in [0.25, 0.3) is 0 Å². The van der Waals surface area contributed by atoms with Crippen LogP contribution in [0, 0.1) is 0 Å². The lowest BCUT2D eigenvalue weighted by molar-refractivity contribution is -0.690.